The number of para-hydroxylation sites is 1. The number of benzene rings is 2. The van der Waals surface area contributed by atoms with Gasteiger partial charge in [-0.3, -0.25) is 14.9 Å². The Hall–Kier alpha value is -2.89. The van der Waals surface area contributed by atoms with Crippen LogP contribution in [0.3, 0.4) is 0 Å². The minimum absolute atomic E-state index is 0.450. The van der Waals surface area contributed by atoms with Crippen LogP contribution in [0.2, 0.25) is 0 Å². The van der Waals surface area contributed by atoms with Crippen LogP contribution in [0.5, 0.6) is 0 Å². The van der Waals surface area contributed by atoms with Crippen molar-refractivity contribution in [3.8, 4) is 0 Å². The van der Waals surface area contributed by atoms with Crippen LogP contribution in [0.1, 0.15) is 54.5 Å². The molecule has 1 aliphatic carbocycles. The van der Waals surface area contributed by atoms with E-state index in [1.54, 1.807) is 11.6 Å². The van der Waals surface area contributed by atoms with Crippen molar-refractivity contribution in [2.45, 2.75) is 45.1 Å². The molecule has 0 bridgehead atoms. The lowest BCUT2D eigenvalue weighted by Crippen LogP contribution is -2.30. The average Bonchev–Trinajstić information content (AvgIpc) is 3.41. The number of aryl methyl sites for hydroxylation is 1. The number of H-pyrrole nitrogens is 1. The van der Waals surface area contributed by atoms with Gasteiger partial charge in [-0.15, -0.1) is 0 Å². The van der Waals surface area contributed by atoms with Gasteiger partial charge in [0.05, 0.1) is 0 Å². The molecule has 5 heteroatoms. The van der Waals surface area contributed by atoms with Crippen molar-refractivity contribution in [2.24, 2.45) is 0 Å². The van der Waals surface area contributed by atoms with E-state index < -0.39 is 5.91 Å². The summed E-state index contributed by atoms with van der Waals surface area (Å²) in [5, 5.41) is 9.98. The molecule has 0 spiro atoms. The van der Waals surface area contributed by atoms with Gasteiger partial charge < -0.3 is 4.98 Å². The smallest absolute Gasteiger partial charge is 0.267 e. The lowest BCUT2D eigenvalue weighted by Gasteiger charge is -2.29. The van der Waals surface area contributed by atoms with E-state index in [1.165, 1.54) is 46.5 Å². The summed E-state index contributed by atoms with van der Waals surface area (Å²) in [6.45, 7) is 4.41. The number of hydroxylamine groups is 1. The number of carbonyl (C=O) groups excluding carboxylic acids is 1. The van der Waals surface area contributed by atoms with Gasteiger partial charge in [0.25, 0.3) is 5.91 Å². The third-order valence-electron chi connectivity index (χ3n) is 6.33. The maximum atomic E-state index is 11.3. The Morgan fingerprint density at radius 3 is 2.97 bits per heavy atom. The topological polar surface area (TPSA) is 68.4 Å². The zero-order valence-corrected chi connectivity index (χ0v) is 18.1. The summed E-state index contributed by atoms with van der Waals surface area (Å²) in [7, 11) is 0. The van der Waals surface area contributed by atoms with Crippen LogP contribution in [0.4, 0.5) is 0 Å². The van der Waals surface area contributed by atoms with Crippen molar-refractivity contribution in [1.29, 1.82) is 0 Å². The Kier molecular flexibility index (Phi) is 6.85. The second-order valence-electron chi connectivity index (χ2n) is 8.32. The third kappa shape index (κ3) is 4.89. The molecule has 0 saturated heterocycles. The summed E-state index contributed by atoms with van der Waals surface area (Å²) in [5.41, 5.74) is 8.00. The third-order valence-corrected chi connectivity index (χ3v) is 6.33. The second kappa shape index (κ2) is 9.94. The quantitative estimate of drug-likeness (QED) is 0.260. The van der Waals surface area contributed by atoms with Crippen LogP contribution >= 0.6 is 0 Å². The van der Waals surface area contributed by atoms with E-state index in [0.29, 0.717) is 6.04 Å². The van der Waals surface area contributed by atoms with E-state index >= 15 is 0 Å². The lowest BCUT2D eigenvalue weighted by atomic mass is 10.0. The van der Waals surface area contributed by atoms with Crippen LogP contribution in [-0.4, -0.2) is 34.1 Å². The van der Waals surface area contributed by atoms with Gasteiger partial charge in [-0.05, 0) is 66.6 Å². The first-order chi connectivity index (χ1) is 15.2. The maximum absolute atomic E-state index is 11.3. The predicted octanol–water partition coefficient (Wildman–Crippen LogP) is 5.02. The molecule has 1 unspecified atom stereocenters. The number of hydrogen-bond acceptors (Lipinski definition) is 3. The zero-order valence-electron chi connectivity index (χ0n) is 18.1. The van der Waals surface area contributed by atoms with Crippen LogP contribution in [-0.2, 0) is 17.6 Å². The maximum Gasteiger partial charge on any atom is 0.267 e. The van der Waals surface area contributed by atoms with Crippen molar-refractivity contribution in [1.82, 2.24) is 15.4 Å². The highest BCUT2D eigenvalue weighted by Gasteiger charge is 2.27. The summed E-state index contributed by atoms with van der Waals surface area (Å²) >= 11 is 0. The number of unbranched alkanes of at least 4 members (excludes halogenated alkanes) is 1. The first kappa shape index (κ1) is 21.3. The van der Waals surface area contributed by atoms with E-state index in [1.807, 2.05) is 0 Å². The molecule has 0 fully saturated rings. The molecule has 1 aromatic heterocycles. The number of carbonyl (C=O) groups is 1. The zero-order chi connectivity index (χ0) is 21.6. The molecule has 31 heavy (non-hydrogen) atoms. The first-order valence-electron chi connectivity index (χ1n) is 11.2. The Labute approximate surface area is 183 Å². The molecule has 0 radical (unpaired) electrons. The summed E-state index contributed by atoms with van der Waals surface area (Å²) in [6, 6.07) is 15.4. The van der Waals surface area contributed by atoms with Crippen LogP contribution in [0, 0.1) is 0 Å². The highest BCUT2D eigenvalue weighted by Crippen LogP contribution is 2.37. The molecule has 5 nitrogen and oxygen atoms in total. The van der Waals surface area contributed by atoms with Crippen molar-refractivity contribution in [2.75, 3.05) is 13.1 Å². The number of nitrogens with one attached hydrogen (secondary N) is 2. The van der Waals surface area contributed by atoms with Gasteiger partial charge in [0.2, 0.25) is 0 Å². The van der Waals surface area contributed by atoms with Crippen molar-refractivity contribution in [3.63, 3.8) is 0 Å². The number of nitrogens with zero attached hydrogens (tertiary/aromatic N) is 1. The molecule has 1 heterocycles. The number of rotatable bonds is 9. The Bertz CT molecular complexity index is 1070. The van der Waals surface area contributed by atoms with E-state index in [9.17, 15) is 4.79 Å². The summed E-state index contributed by atoms with van der Waals surface area (Å²) in [4.78, 5) is 17.3. The monoisotopic (exact) mass is 417 g/mol. The summed E-state index contributed by atoms with van der Waals surface area (Å²) in [5.74, 6) is -0.513. The number of aromatic nitrogens is 1. The molecule has 3 N–H and O–H groups in total. The van der Waals surface area contributed by atoms with Gasteiger partial charge in [-0.1, -0.05) is 49.7 Å². The van der Waals surface area contributed by atoms with Gasteiger partial charge in [0, 0.05) is 35.8 Å². The van der Waals surface area contributed by atoms with Crippen LogP contribution < -0.4 is 5.48 Å². The van der Waals surface area contributed by atoms with Crippen LogP contribution in [0.25, 0.3) is 17.0 Å². The molecular weight excluding hydrogens is 386 g/mol. The van der Waals surface area contributed by atoms with E-state index in [4.69, 9.17) is 5.21 Å². The lowest BCUT2D eigenvalue weighted by molar-refractivity contribution is -0.124. The largest absolute Gasteiger partial charge is 0.361 e. The number of aromatic amines is 1. The molecule has 1 aliphatic rings. The molecular formula is C26H31N3O2. The summed E-state index contributed by atoms with van der Waals surface area (Å²) < 4.78 is 0. The standard InChI is InChI=1S/C26H31N3O2/c1-2-3-15-29(16-14-21-18-27-24-7-5-4-6-22(21)24)25-12-10-20-17-19(8-11-23(20)25)9-13-26(30)28-31/h4-9,11,13,17-18,25,27,31H,2-3,10,12,14-16H2,1H3,(H,28,30). The number of amides is 1. The SMILES string of the molecule is CCCCN(CCc1c[nH]c2ccccc12)C1CCc2cc(C=CC(=O)NO)ccc21. The normalized spacial score (nSPS) is 15.8. The highest BCUT2D eigenvalue weighted by molar-refractivity contribution is 5.90. The predicted molar refractivity (Wildman–Crippen MR) is 125 cm³/mol. The van der Waals surface area contributed by atoms with Crippen molar-refractivity contribution >= 4 is 22.9 Å². The Balaban J connectivity index is 1.50. The van der Waals surface area contributed by atoms with E-state index in [2.05, 4.69) is 65.5 Å². The Morgan fingerprint density at radius 2 is 2.13 bits per heavy atom. The van der Waals surface area contributed by atoms with Gasteiger partial charge in [-0.2, -0.15) is 0 Å². The number of hydrogen-bond donors (Lipinski definition) is 3. The average molecular weight is 418 g/mol. The number of fused-ring (bicyclic) bond motifs is 2. The molecule has 4 rings (SSSR count). The van der Waals surface area contributed by atoms with Gasteiger partial charge in [0.1, 0.15) is 0 Å². The molecule has 1 amide bonds. The van der Waals surface area contributed by atoms with Gasteiger partial charge in [-0.25, -0.2) is 5.48 Å². The molecule has 1 atom stereocenters. The van der Waals surface area contributed by atoms with Crippen molar-refractivity contribution < 1.29 is 10.0 Å². The Morgan fingerprint density at radius 1 is 1.26 bits per heavy atom. The van der Waals surface area contributed by atoms with Crippen LogP contribution in [0.15, 0.2) is 54.7 Å². The highest BCUT2D eigenvalue weighted by atomic mass is 16.5. The van der Waals surface area contributed by atoms with E-state index in [0.717, 1.165) is 37.9 Å². The van der Waals surface area contributed by atoms with Gasteiger partial charge >= 0.3 is 0 Å². The van der Waals surface area contributed by atoms with E-state index in [-0.39, 0.29) is 0 Å². The first-order valence-corrected chi connectivity index (χ1v) is 11.2. The fraction of sp³-hybridized carbons (Fsp3) is 0.346. The molecule has 2 aromatic carbocycles. The molecule has 0 aliphatic heterocycles. The van der Waals surface area contributed by atoms with Crippen molar-refractivity contribution in [3.05, 3.63) is 77.0 Å². The molecule has 3 aromatic rings. The second-order valence-corrected chi connectivity index (χ2v) is 8.32. The van der Waals surface area contributed by atoms with Gasteiger partial charge in [0.15, 0.2) is 0 Å². The fourth-order valence-electron chi connectivity index (χ4n) is 4.69. The fourth-order valence-corrected chi connectivity index (χ4v) is 4.69. The minimum Gasteiger partial charge on any atom is -0.361 e. The minimum atomic E-state index is -0.513. The summed E-state index contributed by atoms with van der Waals surface area (Å²) in [6.07, 6.45) is 10.9. The molecule has 0 saturated carbocycles. The molecule has 162 valence electrons.